The van der Waals surface area contributed by atoms with Crippen molar-refractivity contribution >= 4 is 5.82 Å². The van der Waals surface area contributed by atoms with Crippen LogP contribution in [0.5, 0.6) is 0 Å². The van der Waals surface area contributed by atoms with Gasteiger partial charge in [0.05, 0.1) is 12.7 Å². The predicted octanol–water partition coefficient (Wildman–Crippen LogP) is 5.85. The minimum atomic E-state index is 0.443. The smallest absolute Gasteiger partial charge is 0.131 e. The molecule has 156 valence electrons. The molecule has 3 nitrogen and oxygen atoms in total. The number of nitrogens with zero attached hydrogens (tertiary/aromatic N) is 2. The number of ether oxygens (including phenoxy) is 1. The number of rotatable bonds is 6. The van der Waals surface area contributed by atoms with Crippen LogP contribution >= 0.6 is 0 Å². The highest BCUT2D eigenvalue weighted by Gasteiger charge is 2.30. The number of piperidine rings is 1. The molecule has 29 heavy (non-hydrogen) atoms. The van der Waals surface area contributed by atoms with E-state index in [0.29, 0.717) is 12.0 Å². The molecule has 0 bridgehead atoms. The first-order valence-electron chi connectivity index (χ1n) is 11.6. The number of hydrogen-bond acceptors (Lipinski definition) is 3. The fourth-order valence-corrected chi connectivity index (χ4v) is 5.10. The summed E-state index contributed by atoms with van der Waals surface area (Å²) in [6.07, 6.45) is 9.57. The standard InChI is InChI=1S/C26H36N2O/c1-3-21-10-7-16-27-26(21)28-17-15-20(2)24(18-28)19-29-25-13-11-23(12-14-25)22-8-5-4-6-9-22/h4-10,16,20,23-25H,3,11-15,17-19H2,1-2H3/t20-,23?,24?,25?/m0/s1. The lowest BCUT2D eigenvalue weighted by atomic mass is 9.82. The van der Waals surface area contributed by atoms with E-state index in [9.17, 15) is 0 Å². The van der Waals surface area contributed by atoms with Crippen molar-refractivity contribution in [3.8, 4) is 0 Å². The molecule has 1 aliphatic carbocycles. The number of anilines is 1. The lowest BCUT2D eigenvalue weighted by Gasteiger charge is -2.39. The van der Waals surface area contributed by atoms with Gasteiger partial charge in [0.15, 0.2) is 0 Å². The van der Waals surface area contributed by atoms with Gasteiger partial charge in [-0.3, -0.25) is 0 Å². The van der Waals surface area contributed by atoms with Gasteiger partial charge in [0.2, 0.25) is 0 Å². The molecule has 1 saturated carbocycles. The van der Waals surface area contributed by atoms with Crippen molar-refractivity contribution < 1.29 is 4.74 Å². The van der Waals surface area contributed by atoms with Gasteiger partial charge in [0.1, 0.15) is 5.82 Å². The first kappa shape index (κ1) is 20.4. The number of benzene rings is 1. The molecule has 0 amide bonds. The Labute approximate surface area is 176 Å². The molecule has 0 N–H and O–H groups in total. The maximum atomic E-state index is 6.47. The van der Waals surface area contributed by atoms with Crippen LogP contribution in [0, 0.1) is 11.8 Å². The van der Waals surface area contributed by atoms with Crippen molar-refractivity contribution in [3.05, 3.63) is 59.8 Å². The third kappa shape index (κ3) is 5.01. The van der Waals surface area contributed by atoms with E-state index in [-0.39, 0.29) is 0 Å². The average Bonchev–Trinajstić information content (AvgIpc) is 2.79. The second-order valence-corrected chi connectivity index (χ2v) is 9.03. The lowest BCUT2D eigenvalue weighted by Crippen LogP contribution is -2.43. The minimum Gasteiger partial charge on any atom is -0.378 e. The van der Waals surface area contributed by atoms with E-state index in [1.54, 1.807) is 0 Å². The molecule has 1 aliphatic heterocycles. The van der Waals surface area contributed by atoms with Gasteiger partial charge in [-0.2, -0.15) is 0 Å². The summed E-state index contributed by atoms with van der Waals surface area (Å²) in [6.45, 7) is 7.71. The van der Waals surface area contributed by atoms with Gasteiger partial charge in [0.25, 0.3) is 0 Å². The van der Waals surface area contributed by atoms with Crippen molar-refractivity contribution in [1.29, 1.82) is 0 Å². The summed E-state index contributed by atoms with van der Waals surface area (Å²) in [5.74, 6) is 3.23. The second kappa shape index (κ2) is 9.75. The summed E-state index contributed by atoms with van der Waals surface area (Å²) < 4.78 is 6.47. The largest absolute Gasteiger partial charge is 0.378 e. The van der Waals surface area contributed by atoms with Crippen LogP contribution in [0.4, 0.5) is 5.82 Å². The molecule has 0 spiro atoms. The number of aryl methyl sites for hydroxylation is 1. The van der Waals surface area contributed by atoms with Gasteiger partial charge in [-0.1, -0.05) is 50.2 Å². The van der Waals surface area contributed by atoms with Gasteiger partial charge in [0, 0.05) is 25.2 Å². The maximum Gasteiger partial charge on any atom is 0.131 e. The Morgan fingerprint density at radius 1 is 1.00 bits per heavy atom. The van der Waals surface area contributed by atoms with Crippen molar-refractivity contribution in [1.82, 2.24) is 4.98 Å². The zero-order valence-electron chi connectivity index (χ0n) is 18.1. The number of aromatic nitrogens is 1. The van der Waals surface area contributed by atoms with Crippen molar-refractivity contribution in [2.75, 3.05) is 24.6 Å². The van der Waals surface area contributed by atoms with Crippen molar-refractivity contribution in [3.63, 3.8) is 0 Å². The molecule has 3 heteroatoms. The summed E-state index contributed by atoms with van der Waals surface area (Å²) in [7, 11) is 0. The molecule has 0 radical (unpaired) electrons. The molecule has 1 saturated heterocycles. The molecule has 4 rings (SSSR count). The fourth-order valence-electron chi connectivity index (χ4n) is 5.10. The molecule has 2 atom stereocenters. The molecule has 2 fully saturated rings. The van der Waals surface area contributed by atoms with E-state index in [2.05, 4.69) is 61.2 Å². The van der Waals surface area contributed by atoms with Gasteiger partial charge in [-0.05, 0) is 67.6 Å². The Hall–Kier alpha value is -1.87. The normalized spacial score (nSPS) is 27.7. The van der Waals surface area contributed by atoms with E-state index in [1.165, 1.54) is 49.0 Å². The van der Waals surface area contributed by atoms with Gasteiger partial charge < -0.3 is 9.64 Å². The first-order valence-corrected chi connectivity index (χ1v) is 11.6. The summed E-state index contributed by atoms with van der Waals surface area (Å²) in [5.41, 5.74) is 2.87. The fraction of sp³-hybridized carbons (Fsp3) is 0.577. The monoisotopic (exact) mass is 392 g/mol. The average molecular weight is 393 g/mol. The highest BCUT2D eigenvalue weighted by Crippen LogP contribution is 2.35. The Balaban J connectivity index is 1.29. The Morgan fingerprint density at radius 3 is 2.55 bits per heavy atom. The van der Waals surface area contributed by atoms with Crippen LogP contribution in [-0.4, -0.2) is 30.8 Å². The topological polar surface area (TPSA) is 25.4 Å². The van der Waals surface area contributed by atoms with E-state index < -0.39 is 0 Å². The third-order valence-electron chi connectivity index (χ3n) is 7.15. The number of hydrogen-bond donors (Lipinski definition) is 0. The van der Waals surface area contributed by atoms with Crippen molar-refractivity contribution in [2.24, 2.45) is 11.8 Å². The van der Waals surface area contributed by atoms with Crippen LogP contribution in [0.15, 0.2) is 48.7 Å². The van der Waals surface area contributed by atoms with Crippen LogP contribution in [0.3, 0.4) is 0 Å². The third-order valence-corrected chi connectivity index (χ3v) is 7.15. The van der Waals surface area contributed by atoms with E-state index in [4.69, 9.17) is 9.72 Å². The van der Waals surface area contributed by atoms with Gasteiger partial charge in [-0.25, -0.2) is 4.98 Å². The van der Waals surface area contributed by atoms with Crippen molar-refractivity contribution in [2.45, 2.75) is 64.4 Å². The molecule has 2 aromatic rings. The van der Waals surface area contributed by atoms with E-state index >= 15 is 0 Å². The Morgan fingerprint density at radius 2 is 1.79 bits per heavy atom. The lowest BCUT2D eigenvalue weighted by molar-refractivity contribution is -0.00696. The summed E-state index contributed by atoms with van der Waals surface area (Å²) in [4.78, 5) is 7.20. The van der Waals surface area contributed by atoms with Crippen LogP contribution in [-0.2, 0) is 11.2 Å². The van der Waals surface area contributed by atoms with Gasteiger partial charge >= 0.3 is 0 Å². The van der Waals surface area contributed by atoms with Crippen LogP contribution < -0.4 is 4.90 Å². The van der Waals surface area contributed by atoms with Crippen LogP contribution in [0.25, 0.3) is 0 Å². The minimum absolute atomic E-state index is 0.443. The molecule has 2 aliphatic rings. The van der Waals surface area contributed by atoms with Gasteiger partial charge in [-0.15, -0.1) is 0 Å². The predicted molar refractivity (Wildman–Crippen MR) is 120 cm³/mol. The highest BCUT2D eigenvalue weighted by molar-refractivity contribution is 5.47. The zero-order valence-corrected chi connectivity index (χ0v) is 18.1. The summed E-state index contributed by atoms with van der Waals surface area (Å²) >= 11 is 0. The van der Waals surface area contributed by atoms with E-state index in [0.717, 1.165) is 38.0 Å². The molecular weight excluding hydrogens is 356 g/mol. The Kier molecular flexibility index (Phi) is 6.86. The SMILES string of the molecule is CCc1cccnc1N1CC[C@H](C)C(COC2CCC(c3ccccc3)CC2)C1. The Bertz CT molecular complexity index is 754. The van der Waals surface area contributed by atoms with Crippen LogP contribution in [0.1, 0.15) is 63.0 Å². The molecule has 2 heterocycles. The quantitative estimate of drug-likeness (QED) is 0.616. The molecule has 1 unspecified atom stereocenters. The molecular formula is C26H36N2O. The number of pyridine rings is 1. The maximum absolute atomic E-state index is 6.47. The molecule has 1 aromatic heterocycles. The first-order chi connectivity index (χ1) is 14.2. The second-order valence-electron chi connectivity index (χ2n) is 9.03. The molecule has 1 aromatic carbocycles. The zero-order chi connectivity index (χ0) is 20.1. The van der Waals surface area contributed by atoms with Crippen LogP contribution in [0.2, 0.25) is 0 Å². The highest BCUT2D eigenvalue weighted by atomic mass is 16.5. The van der Waals surface area contributed by atoms with E-state index in [1.807, 2.05) is 6.20 Å². The summed E-state index contributed by atoms with van der Waals surface area (Å²) in [6, 6.07) is 15.3. The summed E-state index contributed by atoms with van der Waals surface area (Å²) in [5, 5.41) is 0.